The number of carboxylic acids is 1. The Balaban J connectivity index is 1.80. The maximum atomic E-state index is 12.7. The molecule has 2 rings (SSSR count). The fourth-order valence-corrected chi connectivity index (χ4v) is 2.34. The third-order valence-electron chi connectivity index (χ3n) is 3.40. The van der Waals surface area contributed by atoms with Crippen molar-refractivity contribution < 1.29 is 19.1 Å². The van der Waals surface area contributed by atoms with Crippen LogP contribution >= 0.6 is 0 Å². The van der Waals surface area contributed by atoms with Crippen LogP contribution in [0.15, 0.2) is 24.3 Å². The molecule has 0 bridgehead atoms. The number of nitrogens with zero attached hydrogens (tertiary/aromatic N) is 1. The minimum Gasteiger partial charge on any atom is -0.480 e. The van der Waals surface area contributed by atoms with Crippen molar-refractivity contribution in [3.63, 3.8) is 0 Å². The Bertz CT molecular complexity index is 490. The third-order valence-corrected chi connectivity index (χ3v) is 3.40. The molecule has 6 heteroatoms. The molecule has 1 aromatic carbocycles. The Morgan fingerprint density at radius 2 is 2.05 bits per heavy atom. The third kappa shape index (κ3) is 3.77. The standard InChI is InChI=1S/C14H17FN2O3/c15-11-5-3-10(4-6-11)8-16-13(18)9-17-7-1-2-12(17)14(19)20/h3-6,12H,1-2,7-9H2,(H,16,18)(H,19,20). The molecule has 1 fully saturated rings. The van der Waals surface area contributed by atoms with E-state index in [9.17, 15) is 14.0 Å². The molecular formula is C14H17FN2O3. The molecule has 1 unspecified atom stereocenters. The summed E-state index contributed by atoms with van der Waals surface area (Å²) in [6.07, 6.45) is 1.38. The zero-order chi connectivity index (χ0) is 14.5. The van der Waals surface area contributed by atoms with Crippen LogP contribution in [-0.4, -0.2) is 41.0 Å². The predicted molar refractivity (Wildman–Crippen MR) is 70.5 cm³/mol. The second-order valence-electron chi connectivity index (χ2n) is 4.87. The Morgan fingerprint density at radius 3 is 2.70 bits per heavy atom. The number of nitrogens with one attached hydrogen (secondary N) is 1. The van der Waals surface area contributed by atoms with Gasteiger partial charge in [-0.3, -0.25) is 14.5 Å². The second-order valence-corrected chi connectivity index (χ2v) is 4.87. The summed E-state index contributed by atoms with van der Waals surface area (Å²) in [5.74, 6) is -1.42. The number of carboxylic acid groups (broad SMARTS) is 1. The number of likely N-dealkylation sites (tertiary alicyclic amines) is 1. The number of amides is 1. The fourth-order valence-electron chi connectivity index (χ4n) is 2.34. The molecule has 2 N–H and O–H groups in total. The minimum absolute atomic E-state index is 0.0815. The first kappa shape index (κ1) is 14.5. The lowest BCUT2D eigenvalue weighted by Crippen LogP contribution is -2.42. The van der Waals surface area contributed by atoms with Gasteiger partial charge in [-0.1, -0.05) is 12.1 Å². The van der Waals surface area contributed by atoms with Crippen LogP contribution < -0.4 is 5.32 Å². The molecule has 0 aliphatic carbocycles. The van der Waals surface area contributed by atoms with Crippen LogP contribution in [0.1, 0.15) is 18.4 Å². The van der Waals surface area contributed by atoms with Crippen molar-refractivity contribution in [2.75, 3.05) is 13.1 Å². The molecule has 1 aliphatic rings. The van der Waals surface area contributed by atoms with E-state index in [4.69, 9.17) is 5.11 Å². The first-order valence-corrected chi connectivity index (χ1v) is 6.54. The van der Waals surface area contributed by atoms with E-state index in [1.165, 1.54) is 12.1 Å². The molecule has 1 atom stereocenters. The summed E-state index contributed by atoms with van der Waals surface area (Å²) in [7, 11) is 0. The molecule has 5 nitrogen and oxygen atoms in total. The Hall–Kier alpha value is -1.95. The molecule has 1 aliphatic heterocycles. The lowest BCUT2D eigenvalue weighted by molar-refractivity contribution is -0.142. The first-order valence-electron chi connectivity index (χ1n) is 6.54. The highest BCUT2D eigenvalue weighted by Gasteiger charge is 2.31. The molecule has 108 valence electrons. The number of carbonyl (C=O) groups is 2. The maximum Gasteiger partial charge on any atom is 0.320 e. The van der Waals surface area contributed by atoms with Crippen LogP contribution in [0.3, 0.4) is 0 Å². The van der Waals surface area contributed by atoms with Gasteiger partial charge in [-0.2, -0.15) is 0 Å². The summed E-state index contributed by atoms with van der Waals surface area (Å²) < 4.78 is 12.7. The summed E-state index contributed by atoms with van der Waals surface area (Å²) >= 11 is 0. The average Bonchev–Trinajstić information content (AvgIpc) is 2.86. The van der Waals surface area contributed by atoms with Crippen LogP contribution in [0.5, 0.6) is 0 Å². The number of halogens is 1. The van der Waals surface area contributed by atoms with E-state index < -0.39 is 12.0 Å². The number of hydrogen-bond donors (Lipinski definition) is 2. The smallest absolute Gasteiger partial charge is 0.320 e. The number of hydrogen-bond acceptors (Lipinski definition) is 3. The largest absolute Gasteiger partial charge is 0.480 e. The van der Waals surface area contributed by atoms with Crippen molar-refractivity contribution in [3.8, 4) is 0 Å². The van der Waals surface area contributed by atoms with Gasteiger partial charge in [0, 0.05) is 6.54 Å². The van der Waals surface area contributed by atoms with Gasteiger partial charge in [0.05, 0.1) is 6.54 Å². The van der Waals surface area contributed by atoms with Gasteiger partial charge in [0.2, 0.25) is 5.91 Å². The monoisotopic (exact) mass is 280 g/mol. The van der Waals surface area contributed by atoms with E-state index >= 15 is 0 Å². The first-order chi connectivity index (χ1) is 9.56. The summed E-state index contributed by atoms with van der Waals surface area (Å²) in [4.78, 5) is 24.5. The highest BCUT2D eigenvalue weighted by Crippen LogP contribution is 2.16. The van der Waals surface area contributed by atoms with E-state index in [-0.39, 0.29) is 18.3 Å². The van der Waals surface area contributed by atoms with Crippen molar-refractivity contribution >= 4 is 11.9 Å². The molecule has 0 spiro atoms. The highest BCUT2D eigenvalue weighted by atomic mass is 19.1. The fraction of sp³-hybridized carbons (Fsp3) is 0.429. The number of aliphatic carboxylic acids is 1. The van der Waals surface area contributed by atoms with Crippen molar-refractivity contribution in [1.29, 1.82) is 0 Å². The highest BCUT2D eigenvalue weighted by molar-refractivity contribution is 5.80. The Labute approximate surface area is 116 Å². The van der Waals surface area contributed by atoms with E-state index in [0.29, 0.717) is 19.5 Å². The van der Waals surface area contributed by atoms with Gasteiger partial charge >= 0.3 is 5.97 Å². The molecular weight excluding hydrogens is 263 g/mol. The average molecular weight is 280 g/mol. The van der Waals surface area contributed by atoms with E-state index in [1.54, 1.807) is 17.0 Å². The number of carbonyl (C=O) groups excluding carboxylic acids is 1. The topological polar surface area (TPSA) is 69.6 Å². The van der Waals surface area contributed by atoms with Crippen LogP contribution in [0, 0.1) is 5.82 Å². The molecule has 0 radical (unpaired) electrons. The Kier molecular flexibility index (Phi) is 4.68. The maximum absolute atomic E-state index is 12.7. The normalized spacial score (nSPS) is 18.9. The van der Waals surface area contributed by atoms with Gasteiger partial charge in [0.1, 0.15) is 11.9 Å². The van der Waals surface area contributed by atoms with Gasteiger partial charge in [-0.25, -0.2) is 4.39 Å². The number of benzene rings is 1. The number of rotatable bonds is 5. The van der Waals surface area contributed by atoms with E-state index in [1.807, 2.05) is 0 Å². The lowest BCUT2D eigenvalue weighted by atomic mass is 10.2. The van der Waals surface area contributed by atoms with Crippen LogP contribution in [0.2, 0.25) is 0 Å². The second kappa shape index (κ2) is 6.47. The van der Waals surface area contributed by atoms with Gasteiger partial charge < -0.3 is 10.4 Å². The molecule has 0 aromatic heterocycles. The SMILES string of the molecule is O=C(CN1CCCC1C(=O)O)NCc1ccc(F)cc1. The predicted octanol–water partition coefficient (Wildman–Crippen LogP) is 0.991. The zero-order valence-electron chi connectivity index (χ0n) is 11.0. The van der Waals surface area contributed by atoms with Crippen molar-refractivity contribution in [2.45, 2.75) is 25.4 Å². The van der Waals surface area contributed by atoms with Crippen molar-refractivity contribution in [3.05, 3.63) is 35.6 Å². The van der Waals surface area contributed by atoms with Crippen molar-refractivity contribution in [2.24, 2.45) is 0 Å². The quantitative estimate of drug-likeness (QED) is 0.844. The zero-order valence-corrected chi connectivity index (χ0v) is 11.0. The van der Waals surface area contributed by atoms with Gasteiger partial charge in [-0.05, 0) is 37.1 Å². The molecule has 1 heterocycles. The Morgan fingerprint density at radius 1 is 1.35 bits per heavy atom. The summed E-state index contributed by atoms with van der Waals surface area (Å²) in [6.45, 7) is 1.02. The minimum atomic E-state index is -0.881. The van der Waals surface area contributed by atoms with Gasteiger partial charge in [0.15, 0.2) is 0 Å². The summed E-state index contributed by atoms with van der Waals surface area (Å²) in [5, 5.41) is 11.7. The molecule has 20 heavy (non-hydrogen) atoms. The molecule has 0 saturated carbocycles. The van der Waals surface area contributed by atoms with Gasteiger partial charge in [0.25, 0.3) is 0 Å². The van der Waals surface area contributed by atoms with Crippen LogP contribution in [-0.2, 0) is 16.1 Å². The van der Waals surface area contributed by atoms with E-state index in [2.05, 4.69) is 5.32 Å². The molecule has 1 saturated heterocycles. The lowest BCUT2D eigenvalue weighted by Gasteiger charge is -2.20. The summed E-state index contributed by atoms with van der Waals surface area (Å²) in [5.41, 5.74) is 0.802. The van der Waals surface area contributed by atoms with Crippen LogP contribution in [0.25, 0.3) is 0 Å². The summed E-state index contributed by atoms with van der Waals surface area (Å²) in [6, 6.07) is 5.31. The van der Waals surface area contributed by atoms with Crippen LogP contribution in [0.4, 0.5) is 4.39 Å². The van der Waals surface area contributed by atoms with Gasteiger partial charge in [-0.15, -0.1) is 0 Å². The van der Waals surface area contributed by atoms with E-state index in [0.717, 1.165) is 12.0 Å². The van der Waals surface area contributed by atoms with Crippen molar-refractivity contribution in [1.82, 2.24) is 10.2 Å². The molecule has 1 amide bonds. The molecule has 1 aromatic rings.